The van der Waals surface area contributed by atoms with Gasteiger partial charge >= 0.3 is 0 Å². The highest BCUT2D eigenvalue weighted by Gasteiger charge is 2.34. The molecule has 3 rings (SSSR count). The molecule has 6 heteroatoms. The van der Waals surface area contributed by atoms with Gasteiger partial charge in [0.1, 0.15) is 6.17 Å². The average Bonchev–Trinajstić information content (AvgIpc) is 2.95. The van der Waals surface area contributed by atoms with Crippen molar-refractivity contribution in [2.45, 2.75) is 57.8 Å². The quantitative estimate of drug-likeness (QED) is 0.785. The average molecular weight is 382 g/mol. The molecule has 0 aromatic heterocycles. The molecule has 1 saturated heterocycles. The molecule has 1 aromatic rings. The van der Waals surface area contributed by atoms with E-state index in [1.54, 1.807) is 18.7 Å². The maximum Gasteiger partial charge on any atom is 0.221 e. The highest BCUT2D eigenvalue weighted by molar-refractivity contribution is 8.14. The van der Waals surface area contributed by atoms with Gasteiger partial charge in [-0.1, -0.05) is 61.4 Å². The Kier molecular flexibility index (Phi) is 7.63. The summed E-state index contributed by atoms with van der Waals surface area (Å²) in [4.78, 5) is 21.4. The van der Waals surface area contributed by atoms with Crippen LogP contribution in [0.3, 0.4) is 0 Å². The molecule has 1 unspecified atom stereocenters. The van der Waals surface area contributed by atoms with Gasteiger partial charge in [0.05, 0.1) is 6.04 Å². The highest BCUT2D eigenvalue weighted by Crippen LogP contribution is 2.29. The molecule has 0 radical (unpaired) electrons. The SMILES string of the molecule is CC(=O)N(Cc1ccccc1)C1CSC(=NC2CCCCC2)N1C.Cl. The molecule has 1 saturated carbocycles. The van der Waals surface area contributed by atoms with Crippen LogP contribution in [-0.4, -0.2) is 45.9 Å². The van der Waals surface area contributed by atoms with E-state index >= 15 is 0 Å². The minimum atomic E-state index is 0. The van der Waals surface area contributed by atoms with Crippen LogP contribution in [0.15, 0.2) is 35.3 Å². The fourth-order valence-electron chi connectivity index (χ4n) is 3.49. The number of carbonyl (C=O) groups excluding carboxylic acids is 1. The molecule has 1 aliphatic heterocycles. The summed E-state index contributed by atoms with van der Waals surface area (Å²) in [6, 6.07) is 10.7. The fraction of sp³-hybridized carbons (Fsp3) is 0.579. The van der Waals surface area contributed by atoms with Gasteiger partial charge in [0.2, 0.25) is 5.91 Å². The smallest absolute Gasteiger partial charge is 0.221 e. The highest BCUT2D eigenvalue weighted by atomic mass is 35.5. The Morgan fingerprint density at radius 2 is 1.92 bits per heavy atom. The number of hydrogen-bond acceptors (Lipinski definition) is 3. The van der Waals surface area contributed by atoms with Crippen molar-refractivity contribution in [2.75, 3.05) is 12.8 Å². The van der Waals surface area contributed by atoms with Crippen molar-refractivity contribution >= 4 is 35.2 Å². The zero-order chi connectivity index (χ0) is 16.9. The summed E-state index contributed by atoms with van der Waals surface area (Å²) in [5.74, 6) is 1.02. The van der Waals surface area contributed by atoms with Crippen molar-refractivity contribution in [3.63, 3.8) is 0 Å². The largest absolute Gasteiger partial charge is 0.333 e. The van der Waals surface area contributed by atoms with E-state index < -0.39 is 0 Å². The number of rotatable bonds is 4. The van der Waals surface area contributed by atoms with Crippen LogP contribution in [0.25, 0.3) is 0 Å². The molecule has 0 bridgehead atoms. The Balaban J connectivity index is 0.00000225. The normalized spacial score (nSPS) is 22.7. The summed E-state index contributed by atoms with van der Waals surface area (Å²) >= 11 is 1.79. The maximum atomic E-state index is 12.2. The third kappa shape index (κ3) is 5.14. The van der Waals surface area contributed by atoms with Crippen molar-refractivity contribution in [3.05, 3.63) is 35.9 Å². The van der Waals surface area contributed by atoms with Crippen LogP contribution in [0.2, 0.25) is 0 Å². The fourth-order valence-corrected chi connectivity index (χ4v) is 4.74. The molecule has 1 heterocycles. The van der Waals surface area contributed by atoms with E-state index in [0.29, 0.717) is 12.6 Å². The lowest BCUT2D eigenvalue weighted by molar-refractivity contribution is -0.133. The Morgan fingerprint density at radius 3 is 2.56 bits per heavy atom. The van der Waals surface area contributed by atoms with E-state index in [1.807, 2.05) is 23.1 Å². The van der Waals surface area contributed by atoms with Gasteiger partial charge in [-0.05, 0) is 18.4 Å². The van der Waals surface area contributed by atoms with E-state index in [1.165, 1.54) is 37.7 Å². The number of carbonyl (C=O) groups is 1. The standard InChI is InChI=1S/C19H27N3OS.ClH/c1-15(23)22(13-16-9-5-3-6-10-16)18-14-24-19(21(18)2)20-17-11-7-4-8-12-17;/h3,5-6,9-10,17-18H,4,7-8,11-14H2,1-2H3;1H. The van der Waals surface area contributed by atoms with Gasteiger partial charge in [0, 0.05) is 26.3 Å². The molecule has 138 valence electrons. The zero-order valence-corrected chi connectivity index (χ0v) is 16.7. The number of hydrogen-bond donors (Lipinski definition) is 0. The maximum absolute atomic E-state index is 12.2. The van der Waals surface area contributed by atoms with Crippen LogP contribution in [-0.2, 0) is 11.3 Å². The lowest BCUT2D eigenvalue weighted by Crippen LogP contribution is -2.47. The zero-order valence-electron chi connectivity index (χ0n) is 15.1. The Hall–Kier alpha value is -1.20. The van der Waals surface area contributed by atoms with E-state index in [9.17, 15) is 4.79 Å². The first-order valence-corrected chi connectivity index (χ1v) is 9.88. The number of amidine groups is 1. The summed E-state index contributed by atoms with van der Waals surface area (Å²) < 4.78 is 0. The van der Waals surface area contributed by atoms with Crippen molar-refractivity contribution in [3.8, 4) is 0 Å². The van der Waals surface area contributed by atoms with Crippen molar-refractivity contribution < 1.29 is 4.79 Å². The molecule has 2 aliphatic rings. The van der Waals surface area contributed by atoms with Crippen LogP contribution >= 0.6 is 24.2 Å². The summed E-state index contributed by atoms with van der Waals surface area (Å²) in [7, 11) is 2.08. The monoisotopic (exact) mass is 381 g/mol. The first-order chi connectivity index (χ1) is 11.6. The van der Waals surface area contributed by atoms with Gasteiger partial charge < -0.3 is 9.80 Å². The van der Waals surface area contributed by atoms with Crippen LogP contribution in [0.5, 0.6) is 0 Å². The lowest BCUT2D eigenvalue weighted by atomic mass is 9.96. The van der Waals surface area contributed by atoms with E-state index in [-0.39, 0.29) is 24.5 Å². The predicted octanol–water partition coefficient (Wildman–Crippen LogP) is 4.15. The summed E-state index contributed by atoms with van der Waals surface area (Å²) in [5.41, 5.74) is 1.17. The van der Waals surface area contributed by atoms with Crippen molar-refractivity contribution in [2.24, 2.45) is 4.99 Å². The molecule has 1 amide bonds. The number of amides is 1. The van der Waals surface area contributed by atoms with E-state index in [2.05, 4.69) is 24.1 Å². The summed E-state index contributed by atoms with van der Waals surface area (Å²) in [6.07, 6.45) is 6.46. The first kappa shape index (κ1) is 20.1. The van der Waals surface area contributed by atoms with Crippen molar-refractivity contribution in [1.82, 2.24) is 9.80 Å². The van der Waals surface area contributed by atoms with Gasteiger partial charge in [0.15, 0.2) is 5.17 Å². The van der Waals surface area contributed by atoms with Crippen LogP contribution < -0.4 is 0 Å². The van der Waals surface area contributed by atoms with Gasteiger partial charge in [-0.2, -0.15) is 0 Å². The van der Waals surface area contributed by atoms with Crippen LogP contribution in [0.1, 0.15) is 44.6 Å². The van der Waals surface area contributed by atoms with Crippen molar-refractivity contribution in [1.29, 1.82) is 0 Å². The van der Waals surface area contributed by atoms with Gasteiger partial charge in [-0.3, -0.25) is 9.79 Å². The number of nitrogens with zero attached hydrogens (tertiary/aromatic N) is 3. The third-order valence-electron chi connectivity index (χ3n) is 4.94. The second-order valence-corrected chi connectivity index (χ2v) is 7.73. The number of halogens is 1. The molecule has 0 N–H and O–H groups in total. The minimum Gasteiger partial charge on any atom is -0.333 e. The topological polar surface area (TPSA) is 35.9 Å². The Bertz CT molecular complexity index is 590. The molecule has 1 atom stereocenters. The van der Waals surface area contributed by atoms with Gasteiger partial charge in [-0.15, -0.1) is 12.4 Å². The molecular formula is C19H28ClN3OS. The van der Waals surface area contributed by atoms with E-state index in [0.717, 1.165) is 10.9 Å². The Labute approximate surface area is 161 Å². The summed E-state index contributed by atoms with van der Waals surface area (Å²) in [6.45, 7) is 2.32. The van der Waals surface area contributed by atoms with Gasteiger partial charge in [-0.25, -0.2) is 0 Å². The predicted molar refractivity (Wildman–Crippen MR) is 108 cm³/mol. The second kappa shape index (κ2) is 9.48. The molecular weight excluding hydrogens is 354 g/mol. The summed E-state index contributed by atoms with van der Waals surface area (Å²) in [5, 5.41) is 1.10. The van der Waals surface area contributed by atoms with E-state index in [4.69, 9.17) is 4.99 Å². The molecule has 2 fully saturated rings. The number of thioether (sulfide) groups is 1. The molecule has 0 spiro atoms. The third-order valence-corrected chi connectivity index (χ3v) is 6.05. The lowest BCUT2D eigenvalue weighted by Gasteiger charge is -2.33. The molecule has 1 aromatic carbocycles. The second-order valence-electron chi connectivity index (χ2n) is 6.74. The number of aliphatic imine (C=N–C) groups is 1. The number of benzene rings is 1. The van der Waals surface area contributed by atoms with Crippen LogP contribution in [0, 0.1) is 0 Å². The first-order valence-electron chi connectivity index (χ1n) is 8.89. The van der Waals surface area contributed by atoms with Crippen LogP contribution in [0.4, 0.5) is 0 Å². The molecule has 4 nitrogen and oxygen atoms in total. The minimum absolute atomic E-state index is 0. The van der Waals surface area contributed by atoms with Gasteiger partial charge in [0.25, 0.3) is 0 Å². The molecule has 1 aliphatic carbocycles. The Morgan fingerprint density at radius 1 is 1.24 bits per heavy atom. The molecule has 25 heavy (non-hydrogen) atoms.